The third kappa shape index (κ3) is 2.69. The Labute approximate surface area is 85.6 Å². The predicted molar refractivity (Wildman–Crippen MR) is 55.1 cm³/mol. The summed E-state index contributed by atoms with van der Waals surface area (Å²) in [4.78, 5) is 13.4. The molecule has 0 aromatic heterocycles. The normalized spacial score (nSPS) is 26.5. The average Bonchev–Trinajstić information content (AvgIpc) is 2.61. The van der Waals surface area contributed by atoms with Gasteiger partial charge in [0.25, 0.3) is 0 Å². The van der Waals surface area contributed by atoms with E-state index in [-0.39, 0.29) is 17.9 Å². The highest BCUT2D eigenvalue weighted by molar-refractivity contribution is 5.79. The van der Waals surface area contributed by atoms with Gasteiger partial charge in [0.1, 0.15) is 0 Å². The molecule has 1 amide bonds. The molecule has 0 aliphatic carbocycles. The first-order chi connectivity index (χ1) is 6.66. The molecule has 2 unspecified atom stereocenters. The van der Waals surface area contributed by atoms with E-state index in [1.807, 2.05) is 0 Å². The van der Waals surface area contributed by atoms with E-state index in [4.69, 9.17) is 4.74 Å². The number of nitrogens with zero attached hydrogens (tertiary/aromatic N) is 1. The topological polar surface area (TPSA) is 41.6 Å². The van der Waals surface area contributed by atoms with E-state index in [1.54, 1.807) is 19.0 Å². The Hall–Kier alpha value is -0.610. The van der Waals surface area contributed by atoms with Crippen LogP contribution in [0.2, 0.25) is 0 Å². The van der Waals surface area contributed by atoms with Crippen LogP contribution in [0.4, 0.5) is 0 Å². The summed E-state index contributed by atoms with van der Waals surface area (Å²) < 4.78 is 5.33. The molecule has 0 radical (unpaired) electrons. The fourth-order valence-electron chi connectivity index (χ4n) is 1.66. The summed E-state index contributed by atoms with van der Waals surface area (Å²) in [5, 5.41) is 3.34. The van der Waals surface area contributed by atoms with Crippen LogP contribution in [0, 0.1) is 5.92 Å². The van der Waals surface area contributed by atoms with E-state index in [0.717, 1.165) is 13.0 Å². The monoisotopic (exact) mass is 200 g/mol. The van der Waals surface area contributed by atoms with Crippen LogP contribution in [-0.2, 0) is 9.53 Å². The zero-order valence-electron chi connectivity index (χ0n) is 9.25. The fourth-order valence-corrected chi connectivity index (χ4v) is 1.66. The Morgan fingerprint density at radius 2 is 2.21 bits per heavy atom. The molecule has 1 heterocycles. The van der Waals surface area contributed by atoms with Crippen molar-refractivity contribution < 1.29 is 9.53 Å². The van der Waals surface area contributed by atoms with E-state index in [1.165, 1.54) is 0 Å². The number of ether oxygens (including phenoxy) is 1. The van der Waals surface area contributed by atoms with Gasteiger partial charge in [-0.25, -0.2) is 0 Å². The third-order valence-corrected chi connectivity index (χ3v) is 2.50. The van der Waals surface area contributed by atoms with Crippen LogP contribution in [0.3, 0.4) is 0 Å². The number of amides is 1. The molecule has 0 saturated carbocycles. The Balaban J connectivity index is 2.46. The molecule has 1 aliphatic rings. The lowest BCUT2D eigenvalue weighted by Crippen LogP contribution is -2.43. The van der Waals surface area contributed by atoms with Gasteiger partial charge >= 0.3 is 0 Å². The summed E-state index contributed by atoms with van der Waals surface area (Å²) in [6.07, 6.45) is 1.08. The average molecular weight is 200 g/mol. The van der Waals surface area contributed by atoms with Gasteiger partial charge in [0.15, 0.2) is 0 Å². The van der Waals surface area contributed by atoms with Crippen LogP contribution in [0.15, 0.2) is 0 Å². The lowest BCUT2D eigenvalue weighted by Gasteiger charge is -2.21. The molecule has 0 bridgehead atoms. The van der Waals surface area contributed by atoms with Crippen molar-refractivity contribution in [1.29, 1.82) is 0 Å². The number of carbonyl (C=O) groups is 1. The van der Waals surface area contributed by atoms with Gasteiger partial charge in [-0.1, -0.05) is 6.92 Å². The summed E-state index contributed by atoms with van der Waals surface area (Å²) >= 11 is 0. The molecular formula is C10H20N2O2. The Morgan fingerprint density at radius 1 is 1.50 bits per heavy atom. The highest BCUT2D eigenvalue weighted by atomic mass is 16.5. The highest BCUT2D eigenvalue weighted by Crippen LogP contribution is 2.15. The van der Waals surface area contributed by atoms with Gasteiger partial charge in [-0.15, -0.1) is 0 Å². The standard InChI is InChI=1S/C10H20N2O2/c1-4-5-11-9-7-14-6-8(9)10(13)12(2)3/h8-9,11H,4-7H2,1-3H3. The molecular weight excluding hydrogens is 180 g/mol. The van der Waals surface area contributed by atoms with Crippen LogP contribution in [-0.4, -0.2) is 50.7 Å². The largest absolute Gasteiger partial charge is 0.379 e. The summed E-state index contributed by atoms with van der Waals surface area (Å²) in [5.74, 6) is 0.160. The number of carbonyl (C=O) groups excluding carboxylic acids is 1. The van der Waals surface area contributed by atoms with E-state index in [0.29, 0.717) is 13.2 Å². The second-order valence-electron chi connectivity index (χ2n) is 3.94. The summed E-state index contributed by atoms with van der Waals surface area (Å²) in [6.45, 7) is 4.28. The second-order valence-corrected chi connectivity index (χ2v) is 3.94. The molecule has 4 heteroatoms. The lowest BCUT2D eigenvalue weighted by atomic mass is 10.0. The molecule has 1 saturated heterocycles. The van der Waals surface area contributed by atoms with Crippen molar-refractivity contribution in [2.45, 2.75) is 19.4 Å². The van der Waals surface area contributed by atoms with Crippen molar-refractivity contribution in [3.8, 4) is 0 Å². The van der Waals surface area contributed by atoms with Crippen molar-refractivity contribution in [1.82, 2.24) is 10.2 Å². The van der Waals surface area contributed by atoms with Gasteiger partial charge < -0.3 is 15.0 Å². The number of hydrogen-bond donors (Lipinski definition) is 1. The summed E-state index contributed by atoms with van der Waals surface area (Å²) in [5.41, 5.74) is 0. The first-order valence-corrected chi connectivity index (χ1v) is 5.19. The van der Waals surface area contributed by atoms with Gasteiger partial charge in [-0.05, 0) is 13.0 Å². The molecule has 0 aromatic carbocycles. The number of rotatable bonds is 4. The molecule has 0 aromatic rings. The van der Waals surface area contributed by atoms with Crippen molar-refractivity contribution >= 4 is 5.91 Å². The molecule has 14 heavy (non-hydrogen) atoms. The van der Waals surface area contributed by atoms with Gasteiger partial charge in [-0.3, -0.25) is 4.79 Å². The number of hydrogen-bond acceptors (Lipinski definition) is 3. The first-order valence-electron chi connectivity index (χ1n) is 5.19. The molecule has 82 valence electrons. The maximum atomic E-state index is 11.7. The first kappa shape index (κ1) is 11.5. The van der Waals surface area contributed by atoms with Crippen molar-refractivity contribution in [2.24, 2.45) is 5.92 Å². The van der Waals surface area contributed by atoms with Crippen LogP contribution in [0.5, 0.6) is 0 Å². The predicted octanol–water partition coefficient (Wildman–Crippen LogP) is 0.0892. The maximum Gasteiger partial charge on any atom is 0.229 e. The van der Waals surface area contributed by atoms with E-state index >= 15 is 0 Å². The molecule has 2 atom stereocenters. The van der Waals surface area contributed by atoms with Gasteiger partial charge in [-0.2, -0.15) is 0 Å². The zero-order valence-corrected chi connectivity index (χ0v) is 9.25. The highest BCUT2D eigenvalue weighted by Gasteiger charge is 2.34. The van der Waals surface area contributed by atoms with Crippen LogP contribution in [0.1, 0.15) is 13.3 Å². The third-order valence-electron chi connectivity index (χ3n) is 2.50. The molecule has 1 fully saturated rings. The van der Waals surface area contributed by atoms with E-state index in [2.05, 4.69) is 12.2 Å². The summed E-state index contributed by atoms with van der Waals surface area (Å²) in [6, 6.07) is 0.199. The summed E-state index contributed by atoms with van der Waals surface area (Å²) in [7, 11) is 3.58. The van der Waals surface area contributed by atoms with Crippen LogP contribution < -0.4 is 5.32 Å². The number of nitrogens with one attached hydrogen (secondary N) is 1. The molecule has 1 aliphatic heterocycles. The SMILES string of the molecule is CCCNC1COCC1C(=O)N(C)C. The van der Waals surface area contributed by atoms with E-state index in [9.17, 15) is 4.79 Å². The van der Waals surface area contributed by atoms with Crippen LogP contribution in [0.25, 0.3) is 0 Å². The molecule has 1 rings (SSSR count). The smallest absolute Gasteiger partial charge is 0.229 e. The Bertz CT molecular complexity index is 195. The van der Waals surface area contributed by atoms with Gasteiger partial charge in [0.05, 0.1) is 19.1 Å². The van der Waals surface area contributed by atoms with E-state index < -0.39 is 0 Å². The lowest BCUT2D eigenvalue weighted by molar-refractivity contribution is -0.133. The molecule has 0 spiro atoms. The van der Waals surface area contributed by atoms with Gasteiger partial charge in [0.2, 0.25) is 5.91 Å². The maximum absolute atomic E-state index is 11.7. The Morgan fingerprint density at radius 3 is 2.79 bits per heavy atom. The quantitative estimate of drug-likeness (QED) is 0.699. The minimum Gasteiger partial charge on any atom is -0.379 e. The zero-order chi connectivity index (χ0) is 10.6. The Kier molecular flexibility index (Phi) is 4.35. The van der Waals surface area contributed by atoms with Crippen LogP contribution >= 0.6 is 0 Å². The minimum atomic E-state index is -0.00319. The fraction of sp³-hybridized carbons (Fsp3) is 0.900. The van der Waals surface area contributed by atoms with Crippen molar-refractivity contribution in [3.05, 3.63) is 0 Å². The van der Waals surface area contributed by atoms with Crippen molar-refractivity contribution in [2.75, 3.05) is 33.9 Å². The van der Waals surface area contributed by atoms with Crippen molar-refractivity contribution in [3.63, 3.8) is 0 Å². The van der Waals surface area contributed by atoms with Gasteiger partial charge in [0, 0.05) is 20.1 Å². The molecule has 1 N–H and O–H groups in total. The second kappa shape index (κ2) is 5.32. The minimum absolute atomic E-state index is 0.00319. The molecule has 4 nitrogen and oxygen atoms in total.